The molecule has 0 aliphatic carbocycles. The topological polar surface area (TPSA) is 68.3 Å². The van der Waals surface area contributed by atoms with E-state index in [1.165, 1.54) is 11.3 Å². The Bertz CT molecular complexity index is 1180. The van der Waals surface area contributed by atoms with E-state index in [0.29, 0.717) is 15.6 Å². The number of nitrogens with one attached hydrogen (secondary N) is 1. The van der Waals surface area contributed by atoms with Gasteiger partial charge in [0.1, 0.15) is 9.88 Å². The Morgan fingerprint density at radius 3 is 2.72 bits per heavy atom. The van der Waals surface area contributed by atoms with Crippen LogP contribution in [0.25, 0.3) is 20.1 Å². The maximum absolute atomic E-state index is 12.3. The molecular formula is C21H15ClN2O3S2. The molecule has 0 unspecified atom stereocenters. The summed E-state index contributed by atoms with van der Waals surface area (Å²) in [5, 5.41) is 3.92. The summed E-state index contributed by atoms with van der Waals surface area (Å²) in [7, 11) is 0. The maximum atomic E-state index is 12.3. The van der Waals surface area contributed by atoms with Crippen LogP contribution in [0, 0.1) is 6.92 Å². The molecule has 2 heterocycles. The normalized spacial score (nSPS) is 10.8. The van der Waals surface area contributed by atoms with Crippen LogP contribution >= 0.6 is 34.3 Å². The number of thiophene rings is 1. The van der Waals surface area contributed by atoms with Crippen molar-refractivity contribution in [2.45, 2.75) is 6.92 Å². The van der Waals surface area contributed by atoms with Crippen molar-refractivity contribution in [1.29, 1.82) is 0 Å². The zero-order valence-electron chi connectivity index (χ0n) is 15.3. The Morgan fingerprint density at radius 2 is 1.93 bits per heavy atom. The van der Waals surface area contributed by atoms with Crippen molar-refractivity contribution in [2.24, 2.45) is 0 Å². The summed E-state index contributed by atoms with van der Waals surface area (Å²) < 4.78 is 6.22. The smallest absolute Gasteiger partial charge is 0.348 e. The molecule has 2 aromatic heterocycles. The molecule has 0 fully saturated rings. The number of esters is 1. The van der Waals surface area contributed by atoms with Crippen molar-refractivity contribution in [3.63, 3.8) is 0 Å². The fourth-order valence-electron chi connectivity index (χ4n) is 2.65. The van der Waals surface area contributed by atoms with E-state index in [1.54, 1.807) is 29.5 Å². The standard InChI is InChI=1S/C21H15ClN2O3S2/c1-12-6-7-14(13(22)10-12)23-19(25)11-27-21(26)18-9-8-17(28-18)20-24-15-4-2-3-5-16(15)29-20/h2-10H,11H2,1H3,(H,23,25). The minimum absolute atomic E-state index is 0.391. The summed E-state index contributed by atoms with van der Waals surface area (Å²) in [5.74, 6) is -1.00. The molecule has 146 valence electrons. The molecule has 1 N–H and O–H groups in total. The summed E-state index contributed by atoms with van der Waals surface area (Å²) in [6, 6.07) is 16.7. The van der Waals surface area contributed by atoms with Crippen LogP contribution in [0.3, 0.4) is 0 Å². The molecule has 0 aliphatic heterocycles. The highest BCUT2D eigenvalue weighted by Crippen LogP contribution is 2.34. The molecule has 0 spiro atoms. The number of carbonyl (C=O) groups is 2. The molecule has 0 saturated heterocycles. The number of hydrogen-bond acceptors (Lipinski definition) is 6. The minimum atomic E-state index is -0.549. The molecule has 4 aromatic rings. The average molecular weight is 443 g/mol. The molecule has 0 radical (unpaired) electrons. The highest BCUT2D eigenvalue weighted by atomic mass is 35.5. The Balaban J connectivity index is 1.38. The molecule has 4 rings (SSSR count). The summed E-state index contributed by atoms with van der Waals surface area (Å²) in [6.07, 6.45) is 0. The van der Waals surface area contributed by atoms with Gasteiger partial charge in [-0.1, -0.05) is 29.8 Å². The maximum Gasteiger partial charge on any atom is 0.348 e. The monoisotopic (exact) mass is 442 g/mol. The Hall–Kier alpha value is -2.74. The van der Waals surface area contributed by atoms with E-state index in [9.17, 15) is 9.59 Å². The number of nitrogens with zero attached hydrogens (tertiary/aromatic N) is 1. The quantitative estimate of drug-likeness (QED) is 0.397. The van der Waals surface area contributed by atoms with Crippen LogP contribution in [0.2, 0.25) is 5.02 Å². The number of thiazole rings is 1. The van der Waals surface area contributed by atoms with Gasteiger partial charge < -0.3 is 10.1 Å². The SMILES string of the molecule is Cc1ccc(NC(=O)COC(=O)c2ccc(-c3nc4ccccc4s3)s2)c(Cl)c1. The van der Waals surface area contributed by atoms with Crippen LogP contribution in [0.15, 0.2) is 54.6 Å². The summed E-state index contributed by atoms with van der Waals surface area (Å²) in [4.78, 5) is 30.2. The first-order valence-electron chi connectivity index (χ1n) is 8.68. The van der Waals surface area contributed by atoms with E-state index >= 15 is 0 Å². The molecule has 8 heteroatoms. The fraction of sp³-hybridized carbons (Fsp3) is 0.0952. The molecule has 0 saturated carbocycles. The summed E-state index contributed by atoms with van der Waals surface area (Å²) >= 11 is 8.95. The number of fused-ring (bicyclic) bond motifs is 1. The third kappa shape index (κ3) is 4.48. The second-order valence-electron chi connectivity index (χ2n) is 6.26. The van der Waals surface area contributed by atoms with Gasteiger partial charge in [0.25, 0.3) is 5.91 Å². The van der Waals surface area contributed by atoms with Gasteiger partial charge in [-0.15, -0.1) is 22.7 Å². The van der Waals surface area contributed by atoms with Crippen LogP contribution in [0.4, 0.5) is 5.69 Å². The first-order chi connectivity index (χ1) is 14.0. The molecule has 0 aliphatic rings. The highest BCUT2D eigenvalue weighted by molar-refractivity contribution is 7.26. The second-order valence-corrected chi connectivity index (χ2v) is 8.78. The van der Waals surface area contributed by atoms with Gasteiger partial charge in [0.15, 0.2) is 6.61 Å². The average Bonchev–Trinajstić information content (AvgIpc) is 3.35. The molecule has 2 aromatic carbocycles. The van der Waals surface area contributed by atoms with Crippen LogP contribution in [-0.4, -0.2) is 23.5 Å². The Labute approximate surface area is 179 Å². The molecule has 0 atom stereocenters. The van der Waals surface area contributed by atoms with Gasteiger partial charge in [-0.3, -0.25) is 4.79 Å². The van der Waals surface area contributed by atoms with Crippen molar-refractivity contribution in [1.82, 2.24) is 4.98 Å². The predicted octanol–water partition coefficient (Wildman–Crippen LogP) is 5.78. The van der Waals surface area contributed by atoms with Gasteiger partial charge in [0.2, 0.25) is 0 Å². The number of benzene rings is 2. The molecule has 1 amide bonds. The number of rotatable bonds is 5. The lowest BCUT2D eigenvalue weighted by molar-refractivity contribution is -0.119. The van der Waals surface area contributed by atoms with E-state index in [0.717, 1.165) is 25.7 Å². The van der Waals surface area contributed by atoms with E-state index < -0.39 is 18.5 Å². The van der Waals surface area contributed by atoms with Crippen molar-refractivity contribution < 1.29 is 14.3 Å². The van der Waals surface area contributed by atoms with E-state index in [4.69, 9.17) is 16.3 Å². The number of ether oxygens (including phenoxy) is 1. The molecule has 5 nitrogen and oxygen atoms in total. The number of carbonyl (C=O) groups excluding carboxylic acids is 2. The van der Waals surface area contributed by atoms with Gasteiger partial charge in [0, 0.05) is 0 Å². The van der Waals surface area contributed by atoms with Crippen molar-refractivity contribution >= 4 is 62.1 Å². The highest BCUT2D eigenvalue weighted by Gasteiger charge is 2.16. The minimum Gasteiger partial charge on any atom is -0.451 e. The number of amides is 1. The largest absolute Gasteiger partial charge is 0.451 e. The predicted molar refractivity (Wildman–Crippen MR) is 118 cm³/mol. The fourth-order valence-corrected chi connectivity index (χ4v) is 4.85. The summed E-state index contributed by atoms with van der Waals surface area (Å²) in [5.41, 5.74) is 2.39. The number of aryl methyl sites for hydroxylation is 1. The molecule has 0 bridgehead atoms. The zero-order valence-corrected chi connectivity index (χ0v) is 17.7. The van der Waals surface area contributed by atoms with Gasteiger partial charge in [-0.25, -0.2) is 9.78 Å². The molecular weight excluding hydrogens is 428 g/mol. The third-order valence-corrected chi connectivity index (χ3v) is 6.63. The second kappa shape index (κ2) is 8.32. The van der Waals surface area contributed by atoms with E-state index in [-0.39, 0.29) is 0 Å². The van der Waals surface area contributed by atoms with Crippen molar-refractivity contribution in [3.05, 3.63) is 70.1 Å². The van der Waals surface area contributed by atoms with Crippen molar-refractivity contribution in [2.75, 3.05) is 11.9 Å². The number of para-hydroxylation sites is 1. The van der Waals surface area contributed by atoms with E-state index in [2.05, 4.69) is 10.3 Å². The zero-order chi connectivity index (χ0) is 20.4. The number of hydrogen-bond donors (Lipinski definition) is 1. The van der Waals surface area contributed by atoms with Gasteiger partial charge in [0.05, 0.1) is 25.8 Å². The van der Waals surface area contributed by atoms with Gasteiger partial charge in [-0.2, -0.15) is 0 Å². The lowest BCUT2D eigenvalue weighted by Gasteiger charge is -2.08. The Morgan fingerprint density at radius 1 is 1.10 bits per heavy atom. The first-order valence-corrected chi connectivity index (χ1v) is 10.7. The molecule has 29 heavy (non-hydrogen) atoms. The summed E-state index contributed by atoms with van der Waals surface area (Å²) in [6.45, 7) is 1.51. The first kappa shape index (κ1) is 19.6. The van der Waals surface area contributed by atoms with Gasteiger partial charge in [-0.05, 0) is 48.9 Å². The lowest BCUT2D eigenvalue weighted by Crippen LogP contribution is -2.20. The van der Waals surface area contributed by atoms with Gasteiger partial charge >= 0.3 is 5.97 Å². The Kier molecular flexibility index (Phi) is 5.62. The lowest BCUT2D eigenvalue weighted by atomic mass is 10.2. The number of halogens is 1. The van der Waals surface area contributed by atoms with E-state index in [1.807, 2.05) is 43.3 Å². The van der Waals surface area contributed by atoms with Crippen LogP contribution < -0.4 is 5.32 Å². The van der Waals surface area contributed by atoms with Crippen LogP contribution in [0.5, 0.6) is 0 Å². The van der Waals surface area contributed by atoms with Crippen molar-refractivity contribution in [3.8, 4) is 9.88 Å². The van der Waals surface area contributed by atoms with Crippen LogP contribution in [-0.2, 0) is 9.53 Å². The van der Waals surface area contributed by atoms with Crippen LogP contribution in [0.1, 0.15) is 15.2 Å². The number of aromatic nitrogens is 1. The third-order valence-electron chi connectivity index (χ3n) is 4.04. The number of anilines is 1.